The molecule has 1 aliphatic heterocycles. The van der Waals surface area contributed by atoms with E-state index in [0.29, 0.717) is 19.5 Å². The van der Waals surface area contributed by atoms with Gasteiger partial charge in [-0.15, -0.1) is 0 Å². The lowest BCUT2D eigenvalue weighted by Gasteiger charge is -2.35. The minimum atomic E-state index is -3.23. The Morgan fingerprint density at radius 2 is 1.94 bits per heavy atom. The number of nitrogens with one attached hydrogen (secondary N) is 1. The molecule has 0 radical (unpaired) electrons. The summed E-state index contributed by atoms with van der Waals surface area (Å²) in [6.07, 6.45) is 8.00. The third kappa shape index (κ3) is 1.95. The van der Waals surface area contributed by atoms with Crippen LogP contribution in [0.2, 0.25) is 0 Å². The third-order valence-electron chi connectivity index (χ3n) is 3.22. The van der Waals surface area contributed by atoms with E-state index in [9.17, 15) is 8.42 Å². The molecule has 0 saturated carbocycles. The first-order chi connectivity index (χ1) is 7.56. The maximum Gasteiger partial charge on any atom is 0.223 e. The largest absolute Gasteiger partial charge is 0.314 e. The van der Waals surface area contributed by atoms with E-state index < -0.39 is 14.8 Å². The van der Waals surface area contributed by atoms with Crippen LogP contribution in [0, 0.1) is 0 Å². The predicted octanol–water partition coefficient (Wildman–Crippen LogP) is 0.496. The molecule has 16 heavy (non-hydrogen) atoms. The van der Waals surface area contributed by atoms with Crippen LogP contribution < -0.4 is 5.32 Å². The van der Waals surface area contributed by atoms with Crippen molar-refractivity contribution in [3.05, 3.63) is 24.3 Å². The summed E-state index contributed by atoms with van der Waals surface area (Å²) < 4.78 is 25.8. The first kappa shape index (κ1) is 11.8. The van der Waals surface area contributed by atoms with Gasteiger partial charge in [0, 0.05) is 26.2 Å². The fraction of sp³-hybridized carbons (Fsp3) is 0.636. The van der Waals surface area contributed by atoms with Gasteiger partial charge in [-0.1, -0.05) is 24.3 Å². The number of sulfonamides is 1. The van der Waals surface area contributed by atoms with Crippen LogP contribution in [0.3, 0.4) is 0 Å². The molecule has 2 rings (SSSR count). The van der Waals surface area contributed by atoms with Crippen molar-refractivity contribution < 1.29 is 8.42 Å². The summed E-state index contributed by atoms with van der Waals surface area (Å²) in [6.45, 7) is 4.44. The Hall–Kier alpha value is -0.650. The fourth-order valence-electron chi connectivity index (χ4n) is 2.08. The highest BCUT2D eigenvalue weighted by Crippen LogP contribution is 2.29. The van der Waals surface area contributed by atoms with Gasteiger partial charge in [-0.2, -0.15) is 4.31 Å². The van der Waals surface area contributed by atoms with Gasteiger partial charge in [0.1, 0.15) is 4.75 Å². The van der Waals surface area contributed by atoms with Crippen molar-refractivity contribution in [1.29, 1.82) is 0 Å². The summed E-state index contributed by atoms with van der Waals surface area (Å²) in [5.74, 6) is 0. The van der Waals surface area contributed by atoms with Gasteiger partial charge in [-0.25, -0.2) is 8.42 Å². The minimum absolute atomic E-state index is 0.565. The first-order valence-electron chi connectivity index (χ1n) is 5.61. The van der Waals surface area contributed by atoms with E-state index in [1.54, 1.807) is 17.3 Å². The summed E-state index contributed by atoms with van der Waals surface area (Å²) in [5, 5.41) is 3.16. The lowest BCUT2D eigenvalue weighted by atomic mass is 10.0. The van der Waals surface area contributed by atoms with E-state index in [0.717, 1.165) is 13.1 Å². The Kier molecular flexibility index (Phi) is 3.19. The second-order valence-electron chi connectivity index (χ2n) is 4.46. The lowest BCUT2D eigenvalue weighted by molar-refractivity contribution is 0.350. The molecule has 1 unspecified atom stereocenters. The molecule has 0 aromatic rings. The molecule has 1 aliphatic carbocycles. The average Bonchev–Trinajstić information content (AvgIpc) is 2.31. The van der Waals surface area contributed by atoms with E-state index in [1.807, 2.05) is 18.2 Å². The van der Waals surface area contributed by atoms with Gasteiger partial charge in [0.05, 0.1) is 0 Å². The normalized spacial score (nSPS) is 31.8. The van der Waals surface area contributed by atoms with Crippen LogP contribution in [0.15, 0.2) is 24.3 Å². The monoisotopic (exact) mass is 242 g/mol. The second-order valence-corrected chi connectivity index (χ2v) is 6.86. The predicted molar refractivity (Wildman–Crippen MR) is 64.7 cm³/mol. The molecule has 1 N–H and O–H groups in total. The SMILES string of the molecule is CC1(S(=O)(=O)N2CCNCC2)C=CC=CC1. The van der Waals surface area contributed by atoms with E-state index >= 15 is 0 Å². The van der Waals surface area contributed by atoms with Gasteiger partial charge in [-0.05, 0) is 13.3 Å². The Balaban J connectivity index is 2.23. The number of hydrogen-bond acceptors (Lipinski definition) is 3. The summed E-state index contributed by atoms with van der Waals surface area (Å²) in [6, 6.07) is 0. The quantitative estimate of drug-likeness (QED) is 0.767. The van der Waals surface area contributed by atoms with Gasteiger partial charge in [0.25, 0.3) is 0 Å². The van der Waals surface area contributed by atoms with Crippen molar-refractivity contribution in [2.24, 2.45) is 0 Å². The number of piperazine rings is 1. The van der Waals surface area contributed by atoms with Crippen LogP contribution in [-0.4, -0.2) is 43.6 Å². The number of hydrogen-bond donors (Lipinski definition) is 1. The molecule has 2 aliphatic rings. The molecule has 0 aromatic carbocycles. The molecule has 90 valence electrons. The highest BCUT2D eigenvalue weighted by atomic mass is 32.2. The standard InChI is InChI=1S/C11H18N2O2S/c1-11(5-3-2-4-6-11)16(14,15)13-9-7-12-8-10-13/h2-5,12H,6-10H2,1H3. The summed E-state index contributed by atoms with van der Waals surface area (Å²) in [7, 11) is -3.23. The molecule has 1 heterocycles. The van der Waals surface area contributed by atoms with Crippen molar-refractivity contribution in [1.82, 2.24) is 9.62 Å². The Bertz CT molecular complexity index is 408. The summed E-state index contributed by atoms with van der Waals surface area (Å²) >= 11 is 0. The van der Waals surface area contributed by atoms with E-state index in [-0.39, 0.29) is 0 Å². The van der Waals surface area contributed by atoms with Crippen molar-refractivity contribution >= 4 is 10.0 Å². The van der Waals surface area contributed by atoms with Crippen LogP contribution in [-0.2, 0) is 10.0 Å². The molecule has 0 aromatic heterocycles. The van der Waals surface area contributed by atoms with E-state index in [1.165, 1.54) is 0 Å². The van der Waals surface area contributed by atoms with Gasteiger partial charge in [0.15, 0.2) is 0 Å². The van der Waals surface area contributed by atoms with Crippen LogP contribution >= 0.6 is 0 Å². The van der Waals surface area contributed by atoms with Gasteiger partial charge < -0.3 is 5.32 Å². The zero-order valence-corrected chi connectivity index (χ0v) is 10.3. The second kappa shape index (κ2) is 4.31. The van der Waals surface area contributed by atoms with Crippen molar-refractivity contribution in [2.75, 3.05) is 26.2 Å². The maximum atomic E-state index is 12.5. The molecular formula is C11H18N2O2S. The molecular weight excluding hydrogens is 224 g/mol. The van der Waals surface area contributed by atoms with Crippen LogP contribution in [0.4, 0.5) is 0 Å². The fourth-order valence-corrected chi connectivity index (χ4v) is 3.89. The minimum Gasteiger partial charge on any atom is -0.314 e. The third-order valence-corrected chi connectivity index (χ3v) is 5.75. The number of nitrogens with zero attached hydrogens (tertiary/aromatic N) is 1. The van der Waals surface area contributed by atoms with Crippen molar-refractivity contribution in [3.63, 3.8) is 0 Å². The molecule has 0 spiro atoms. The van der Waals surface area contributed by atoms with Gasteiger partial charge in [0.2, 0.25) is 10.0 Å². The Labute approximate surface area is 97.1 Å². The number of rotatable bonds is 2. The molecule has 5 heteroatoms. The lowest BCUT2D eigenvalue weighted by Crippen LogP contribution is -2.52. The van der Waals surface area contributed by atoms with Crippen LogP contribution in [0.25, 0.3) is 0 Å². The average molecular weight is 242 g/mol. The molecule has 0 amide bonds. The molecule has 0 bridgehead atoms. The van der Waals surface area contributed by atoms with Crippen LogP contribution in [0.1, 0.15) is 13.3 Å². The highest BCUT2D eigenvalue weighted by molar-refractivity contribution is 7.90. The first-order valence-corrected chi connectivity index (χ1v) is 7.05. The number of allylic oxidation sites excluding steroid dienone is 3. The Morgan fingerprint density at radius 1 is 1.25 bits per heavy atom. The zero-order chi connectivity index (χ0) is 11.6. The van der Waals surface area contributed by atoms with Crippen molar-refractivity contribution in [3.8, 4) is 0 Å². The van der Waals surface area contributed by atoms with Crippen molar-refractivity contribution in [2.45, 2.75) is 18.1 Å². The van der Waals surface area contributed by atoms with Gasteiger partial charge >= 0.3 is 0 Å². The maximum absolute atomic E-state index is 12.5. The van der Waals surface area contributed by atoms with E-state index in [2.05, 4.69) is 5.32 Å². The zero-order valence-electron chi connectivity index (χ0n) is 9.52. The highest BCUT2D eigenvalue weighted by Gasteiger charge is 2.41. The smallest absolute Gasteiger partial charge is 0.223 e. The molecule has 1 atom stereocenters. The molecule has 4 nitrogen and oxygen atoms in total. The summed E-state index contributed by atoms with van der Waals surface area (Å²) in [4.78, 5) is 0. The van der Waals surface area contributed by atoms with Crippen LogP contribution in [0.5, 0.6) is 0 Å². The van der Waals surface area contributed by atoms with Gasteiger partial charge in [-0.3, -0.25) is 0 Å². The topological polar surface area (TPSA) is 49.4 Å². The molecule has 1 saturated heterocycles. The van der Waals surface area contributed by atoms with E-state index in [4.69, 9.17) is 0 Å². The molecule has 1 fully saturated rings. The Morgan fingerprint density at radius 3 is 2.50 bits per heavy atom. The summed E-state index contributed by atoms with van der Waals surface area (Å²) in [5.41, 5.74) is 0.